The predicted molar refractivity (Wildman–Crippen MR) is 154 cm³/mol. The van der Waals surface area contributed by atoms with E-state index in [4.69, 9.17) is 4.74 Å². The second-order valence-electron chi connectivity index (χ2n) is 10.6. The lowest BCUT2D eigenvalue weighted by molar-refractivity contribution is -0.189. The number of aliphatic hydroxyl groups excluding tert-OH is 2. The van der Waals surface area contributed by atoms with E-state index in [1.54, 1.807) is 0 Å². The van der Waals surface area contributed by atoms with E-state index in [0.29, 0.717) is 4.57 Å². The second kappa shape index (κ2) is 12.8. The third kappa shape index (κ3) is 6.53. The normalized spacial score (nSPS) is 13.2. The van der Waals surface area contributed by atoms with Gasteiger partial charge < -0.3 is 25.6 Å². The number of alkyl halides is 3. The molecule has 2 aromatic carbocycles. The van der Waals surface area contributed by atoms with E-state index in [1.165, 1.54) is 19.1 Å². The largest absolute Gasteiger partial charge is 0.491 e. The number of nitrogens with zero attached hydrogens (tertiary/aromatic N) is 3. The van der Waals surface area contributed by atoms with Crippen LogP contribution in [0.15, 0.2) is 47.3 Å². The molecule has 0 atom stereocenters. The number of aryl methyl sites for hydroxylation is 1. The zero-order chi connectivity index (χ0) is 33.3. The SMILES string of the molecule is Cc1ccc(C(=O)NCC2CC2)c(OC(=O)C(F)(F)F)c1-c1nc(NC(CO)CO)nc2c1ccc(=O)n2-c1c(F)cccc1F. The number of pyridine rings is 1. The number of fused-ring (bicyclic) bond motifs is 1. The Morgan fingerprint density at radius 1 is 1.04 bits per heavy atom. The van der Waals surface area contributed by atoms with E-state index in [9.17, 15) is 37.8 Å². The van der Waals surface area contributed by atoms with Gasteiger partial charge in [0, 0.05) is 23.6 Å². The number of carbonyl (C=O) groups is 2. The van der Waals surface area contributed by atoms with Gasteiger partial charge in [0.05, 0.1) is 30.5 Å². The summed E-state index contributed by atoms with van der Waals surface area (Å²) in [4.78, 5) is 47.1. The van der Waals surface area contributed by atoms with E-state index in [0.717, 1.165) is 43.2 Å². The van der Waals surface area contributed by atoms with Crippen LogP contribution in [0.25, 0.3) is 28.0 Å². The van der Waals surface area contributed by atoms with Gasteiger partial charge in [0.15, 0.2) is 11.4 Å². The number of ether oxygens (including phenoxy) is 1. The summed E-state index contributed by atoms with van der Waals surface area (Å²) in [5.74, 6) is -6.87. The van der Waals surface area contributed by atoms with Crippen molar-refractivity contribution in [3.05, 3.63) is 75.6 Å². The van der Waals surface area contributed by atoms with Crippen molar-refractivity contribution in [1.82, 2.24) is 19.9 Å². The lowest BCUT2D eigenvalue weighted by atomic mass is 9.97. The molecule has 5 rings (SSSR count). The van der Waals surface area contributed by atoms with Gasteiger partial charge in [-0.1, -0.05) is 12.1 Å². The number of aromatic nitrogens is 3. The molecule has 4 N–H and O–H groups in total. The maximum atomic E-state index is 15.0. The Morgan fingerprint density at radius 2 is 1.72 bits per heavy atom. The summed E-state index contributed by atoms with van der Waals surface area (Å²) >= 11 is 0. The molecule has 4 aromatic rings. The fraction of sp³-hybridized carbons (Fsp3) is 0.300. The van der Waals surface area contributed by atoms with Crippen LogP contribution in [0.5, 0.6) is 5.75 Å². The number of nitrogens with one attached hydrogen (secondary N) is 2. The molecular weight excluding hydrogens is 621 g/mol. The summed E-state index contributed by atoms with van der Waals surface area (Å²) < 4.78 is 75.9. The highest BCUT2D eigenvalue weighted by atomic mass is 19.4. The number of amides is 1. The van der Waals surface area contributed by atoms with Crippen molar-refractivity contribution in [2.75, 3.05) is 25.1 Å². The maximum Gasteiger partial charge on any atom is 0.491 e. The monoisotopic (exact) mass is 647 g/mol. The summed E-state index contributed by atoms with van der Waals surface area (Å²) in [6.45, 7) is 0.342. The molecule has 0 radical (unpaired) electrons. The molecule has 2 aromatic heterocycles. The number of para-hydroxylation sites is 1. The van der Waals surface area contributed by atoms with Crippen molar-refractivity contribution in [3.63, 3.8) is 0 Å². The van der Waals surface area contributed by atoms with Crippen molar-refractivity contribution in [2.45, 2.75) is 32.0 Å². The average Bonchev–Trinajstić information content (AvgIpc) is 3.84. The number of hydrogen-bond donors (Lipinski definition) is 4. The Morgan fingerprint density at radius 3 is 2.33 bits per heavy atom. The van der Waals surface area contributed by atoms with E-state index in [-0.39, 0.29) is 34.7 Å². The number of benzene rings is 2. The summed E-state index contributed by atoms with van der Waals surface area (Å²) in [5.41, 5.74) is -3.16. The lowest BCUT2D eigenvalue weighted by Crippen LogP contribution is -2.31. The van der Waals surface area contributed by atoms with Crippen LogP contribution in [-0.2, 0) is 4.79 Å². The minimum Gasteiger partial charge on any atom is -0.418 e. The Kier molecular flexibility index (Phi) is 9.03. The fourth-order valence-electron chi connectivity index (χ4n) is 4.69. The first-order valence-corrected chi connectivity index (χ1v) is 13.9. The first-order chi connectivity index (χ1) is 21.8. The van der Waals surface area contributed by atoms with Crippen molar-refractivity contribution in [2.24, 2.45) is 5.92 Å². The van der Waals surface area contributed by atoms with Crippen LogP contribution in [0.1, 0.15) is 28.8 Å². The van der Waals surface area contributed by atoms with Gasteiger partial charge in [-0.15, -0.1) is 0 Å². The van der Waals surface area contributed by atoms with Crippen LogP contribution < -0.4 is 20.9 Å². The van der Waals surface area contributed by atoms with E-state index in [1.807, 2.05) is 0 Å². The molecule has 1 aliphatic carbocycles. The topological polar surface area (TPSA) is 156 Å². The van der Waals surface area contributed by atoms with Crippen LogP contribution >= 0.6 is 0 Å². The van der Waals surface area contributed by atoms with Crippen LogP contribution in [0, 0.1) is 24.5 Å². The zero-order valence-corrected chi connectivity index (χ0v) is 24.0. The zero-order valence-electron chi connectivity index (χ0n) is 24.0. The maximum absolute atomic E-state index is 15.0. The molecule has 46 heavy (non-hydrogen) atoms. The first kappa shape index (κ1) is 32.4. The number of hydrogen-bond acceptors (Lipinski definition) is 9. The molecule has 242 valence electrons. The Hall–Kier alpha value is -4.96. The highest BCUT2D eigenvalue weighted by Crippen LogP contribution is 2.40. The molecule has 1 amide bonds. The number of esters is 1. The molecule has 0 aliphatic heterocycles. The van der Waals surface area contributed by atoms with Crippen molar-refractivity contribution >= 4 is 28.9 Å². The molecule has 16 heteroatoms. The molecule has 1 aliphatic rings. The van der Waals surface area contributed by atoms with Gasteiger partial charge in [0.25, 0.3) is 11.5 Å². The number of carbonyl (C=O) groups excluding carboxylic acids is 2. The summed E-state index contributed by atoms with van der Waals surface area (Å²) in [7, 11) is 0. The number of anilines is 1. The van der Waals surface area contributed by atoms with Crippen LogP contribution in [0.3, 0.4) is 0 Å². The van der Waals surface area contributed by atoms with Gasteiger partial charge >= 0.3 is 12.1 Å². The number of rotatable bonds is 10. The molecule has 1 saturated carbocycles. The van der Waals surface area contributed by atoms with E-state index >= 15 is 8.78 Å². The van der Waals surface area contributed by atoms with Gasteiger partial charge in [0.1, 0.15) is 17.3 Å². The summed E-state index contributed by atoms with van der Waals surface area (Å²) in [6.07, 6.45) is -3.77. The van der Waals surface area contributed by atoms with Gasteiger partial charge in [-0.3, -0.25) is 14.2 Å². The minimum absolute atomic E-state index is 0.144. The standard InChI is InChI=1S/C30H26F5N5O6/c1-14-5-8-18(27(44)36-11-15-6-7-15)25(46-28(45)30(33,34)35)22(14)23-17-9-10-21(43)40(24-19(31)3-2-4-20(24)32)26(17)39-29(38-23)37-16(12-41)13-42/h2-5,8-10,15-16,41-42H,6-7,11-13H2,1H3,(H,36,44)(H,37,38,39). The van der Waals surface area contributed by atoms with Gasteiger partial charge in [-0.25, -0.2) is 18.6 Å². The van der Waals surface area contributed by atoms with Crippen LogP contribution in [0.4, 0.5) is 27.9 Å². The van der Waals surface area contributed by atoms with Gasteiger partial charge in [-0.2, -0.15) is 18.2 Å². The first-order valence-electron chi connectivity index (χ1n) is 13.9. The third-order valence-corrected chi connectivity index (χ3v) is 7.21. The molecule has 2 heterocycles. The molecule has 11 nitrogen and oxygen atoms in total. The highest BCUT2D eigenvalue weighted by Gasteiger charge is 2.43. The molecular formula is C30H26F5N5O6. The molecule has 0 unspecified atom stereocenters. The third-order valence-electron chi connectivity index (χ3n) is 7.21. The summed E-state index contributed by atoms with van der Waals surface area (Å²) in [5, 5.41) is 24.4. The van der Waals surface area contributed by atoms with E-state index < -0.39 is 83.1 Å². The van der Waals surface area contributed by atoms with Crippen LogP contribution in [-0.4, -0.2) is 68.6 Å². The Bertz CT molecular complexity index is 1870. The van der Waals surface area contributed by atoms with Gasteiger partial charge in [0.2, 0.25) is 5.95 Å². The minimum atomic E-state index is -5.47. The van der Waals surface area contributed by atoms with E-state index in [2.05, 4.69) is 20.6 Å². The molecule has 1 fully saturated rings. The van der Waals surface area contributed by atoms with Gasteiger partial charge in [-0.05, 0) is 55.5 Å². The van der Waals surface area contributed by atoms with Crippen molar-refractivity contribution in [1.29, 1.82) is 0 Å². The fourth-order valence-corrected chi connectivity index (χ4v) is 4.69. The highest BCUT2D eigenvalue weighted by molar-refractivity contribution is 6.03. The molecule has 0 bridgehead atoms. The molecule has 0 spiro atoms. The number of halogens is 5. The Labute approximate surface area is 256 Å². The average molecular weight is 648 g/mol. The van der Waals surface area contributed by atoms with Crippen molar-refractivity contribution in [3.8, 4) is 22.7 Å². The predicted octanol–water partition coefficient (Wildman–Crippen LogP) is 3.41. The van der Waals surface area contributed by atoms with Crippen molar-refractivity contribution < 1.29 is 46.5 Å². The van der Waals surface area contributed by atoms with Crippen LogP contribution in [0.2, 0.25) is 0 Å². The smallest absolute Gasteiger partial charge is 0.418 e. The quantitative estimate of drug-likeness (QED) is 0.115. The summed E-state index contributed by atoms with van der Waals surface area (Å²) in [6, 6.07) is 6.35. The lowest BCUT2D eigenvalue weighted by Gasteiger charge is -2.21. The molecule has 0 saturated heterocycles. The Balaban J connectivity index is 1.85. The second-order valence-corrected chi connectivity index (χ2v) is 10.6. The number of aliphatic hydroxyl groups is 2.